The van der Waals surface area contributed by atoms with E-state index in [1.807, 2.05) is 18.3 Å². The molecule has 178 valence electrons. The van der Waals surface area contributed by atoms with Crippen LogP contribution >= 0.6 is 0 Å². The SMILES string of the molecule is Cc1nc2ccc(C3CCN(Cc4ccc[nH]4)CC3(C)O)c(F)c2cc1N1CCC(=O)NC1=O. The molecule has 34 heavy (non-hydrogen) atoms. The lowest BCUT2D eigenvalue weighted by Crippen LogP contribution is -2.50. The number of aryl methyl sites for hydroxylation is 1. The van der Waals surface area contributed by atoms with Crippen LogP contribution < -0.4 is 10.2 Å². The number of urea groups is 1. The monoisotopic (exact) mass is 465 g/mol. The van der Waals surface area contributed by atoms with Gasteiger partial charge in [-0.05, 0) is 56.6 Å². The normalized spacial score (nSPS) is 24.0. The number of piperidine rings is 1. The fourth-order valence-corrected chi connectivity index (χ4v) is 5.25. The molecule has 0 bridgehead atoms. The Morgan fingerprint density at radius 3 is 2.79 bits per heavy atom. The predicted octanol–water partition coefficient (Wildman–Crippen LogP) is 3.20. The van der Waals surface area contributed by atoms with E-state index in [1.165, 1.54) is 4.90 Å². The first kappa shape index (κ1) is 22.5. The van der Waals surface area contributed by atoms with Crippen LogP contribution in [0.25, 0.3) is 10.9 Å². The number of nitrogens with one attached hydrogen (secondary N) is 2. The number of H-pyrrole nitrogens is 1. The van der Waals surface area contributed by atoms with E-state index in [-0.39, 0.29) is 24.8 Å². The number of fused-ring (bicyclic) bond motifs is 1. The van der Waals surface area contributed by atoms with Gasteiger partial charge in [0.1, 0.15) is 5.82 Å². The van der Waals surface area contributed by atoms with Crippen LogP contribution in [0, 0.1) is 12.7 Å². The van der Waals surface area contributed by atoms with E-state index in [0.29, 0.717) is 47.4 Å². The van der Waals surface area contributed by atoms with E-state index in [9.17, 15) is 14.7 Å². The lowest BCUT2D eigenvalue weighted by Gasteiger charge is -2.43. The molecule has 5 rings (SSSR count). The Kier molecular flexibility index (Phi) is 5.61. The number of pyridine rings is 1. The Morgan fingerprint density at radius 1 is 1.26 bits per heavy atom. The number of rotatable bonds is 4. The second-order valence-corrected chi connectivity index (χ2v) is 9.49. The molecular weight excluding hydrogens is 437 g/mol. The van der Waals surface area contributed by atoms with Crippen molar-refractivity contribution in [1.82, 2.24) is 20.2 Å². The number of aliphatic hydroxyl groups is 1. The van der Waals surface area contributed by atoms with Crippen LogP contribution in [0.4, 0.5) is 14.9 Å². The Bertz CT molecular complexity index is 1260. The van der Waals surface area contributed by atoms with Crippen molar-refractivity contribution in [1.29, 1.82) is 0 Å². The summed E-state index contributed by atoms with van der Waals surface area (Å²) in [6, 6.07) is 8.53. The van der Waals surface area contributed by atoms with Gasteiger partial charge in [0.05, 0.1) is 22.5 Å². The third-order valence-electron chi connectivity index (χ3n) is 6.93. The van der Waals surface area contributed by atoms with E-state index < -0.39 is 17.4 Å². The van der Waals surface area contributed by atoms with Crippen molar-refractivity contribution in [3.05, 3.63) is 59.3 Å². The maximum Gasteiger partial charge on any atom is 0.328 e. The first-order valence-corrected chi connectivity index (χ1v) is 11.5. The average Bonchev–Trinajstić information content (AvgIpc) is 3.27. The van der Waals surface area contributed by atoms with Gasteiger partial charge in [0.15, 0.2) is 0 Å². The number of hydrogen-bond acceptors (Lipinski definition) is 5. The molecule has 2 aromatic heterocycles. The zero-order chi connectivity index (χ0) is 24.0. The van der Waals surface area contributed by atoms with E-state index >= 15 is 4.39 Å². The number of imide groups is 1. The highest BCUT2D eigenvalue weighted by Gasteiger charge is 2.40. The molecule has 4 heterocycles. The Balaban J connectivity index is 1.46. The molecule has 9 heteroatoms. The number of aromatic nitrogens is 2. The van der Waals surface area contributed by atoms with Crippen LogP contribution in [0.3, 0.4) is 0 Å². The van der Waals surface area contributed by atoms with Crippen molar-refractivity contribution in [3.63, 3.8) is 0 Å². The molecule has 0 spiro atoms. The smallest absolute Gasteiger partial charge is 0.328 e. The molecule has 3 aromatic rings. The Hall–Kier alpha value is -3.30. The number of aromatic amines is 1. The number of carbonyl (C=O) groups excluding carboxylic acids is 2. The van der Waals surface area contributed by atoms with E-state index in [4.69, 9.17) is 0 Å². The highest BCUT2D eigenvalue weighted by atomic mass is 19.1. The number of nitrogens with zero attached hydrogens (tertiary/aromatic N) is 3. The third kappa shape index (κ3) is 4.05. The molecule has 3 amide bonds. The molecule has 0 saturated carbocycles. The number of anilines is 1. The molecule has 0 radical (unpaired) electrons. The van der Waals surface area contributed by atoms with Crippen LogP contribution in [-0.4, -0.2) is 57.1 Å². The van der Waals surface area contributed by atoms with Gasteiger partial charge in [-0.2, -0.15) is 0 Å². The summed E-state index contributed by atoms with van der Waals surface area (Å²) >= 11 is 0. The van der Waals surface area contributed by atoms with Gasteiger partial charge >= 0.3 is 6.03 Å². The van der Waals surface area contributed by atoms with Gasteiger partial charge in [0.25, 0.3) is 0 Å². The summed E-state index contributed by atoms with van der Waals surface area (Å²) in [7, 11) is 0. The van der Waals surface area contributed by atoms with Crippen LogP contribution in [0.15, 0.2) is 36.5 Å². The Labute approximate surface area is 196 Å². The summed E-state index contributed by atoms with van der Waals surface area (Å²) in [5.41, 5.74) is 1.94. The van der Waals surface area contributed by atoms with Gasteiger partial charge in [0.2, 0.25) is 5.91 Å². The summed E-state index contributed by atoms with van der Waals surface area (Å²) in [5, 5.41) is 13.9. The first-order valence-electron chi connectivity index (χ1n) is 11.5. The predicted molar refractivity (Wildman–Crippen MR) is 126 cm³/mol. The second kappa shape index (κ2) is 8.48. The van der Waals surface area contributed by atoms with Gasteiger partial charge in [-0.15, -0.1) is 0 Å². The molecule has 2 atom stereocenters. The summed E-state index contributed by atoms with van der Waals surface area (Å²) < 4.78 is 15.9. The minimum absolute atomic E-state index is 0.176. The van der Waals surface area contributed by atoms with Gasteiger partial charge in [-0.1, -0.05) is 6.07 Å². The molecule has 2 unspecified atom stereocenters. The van der Waals surface area contributed by atoms with Gasteiger partial charge in [-0.3, -0.25) is 24.9 Å². The fraction of sp³-hybridized carbons (Fsp3) is 0.400. The number of carbonyl (C=O) groups is 2. The number of amides is 3. The van der Waals surface area contributed by atoms with E-state index in [2.05, 4.69) is 20.2 Å². The minimum atomic E-state index is -1.12. The number of β-amino-alcohol motifs (C(OH)–C–C–N with tert-alkyl or cyclic N) is 1. The number of likely N-dealkylation sites (tertiary alicyclic amines) is 1. The van der Waals surface area contributed by atoms with Crippen molar-refractivity contribution in [2.75, 3.05) is 24.5 Å². The van der Waals surface area contributed by atoms with Crippen LogP contribution in [0.5, 0.6) is 0 Å². The van der Waals surface area contributed by atoms with Crippen molar-refractivity contribution in [2.45, 2.75) is 44.8 Å². The van der Waals surface area contributed by atoms with Crippen LogP contribution in [0.1, 0.15) is 42.6 Å². The highest BCUT2D eigenvalue weighted by molar-refractivity contribution is 6.06. The third-order valence-corrected chi connectivity index (χ3v) is 6.93. The average molecular weight is 466 g/mol. The lowest BCUT2D eigenvalue weighted by molar-refractivity contribution is -0.120. The van der Waals surface area contributed by atoms with Gasteiger partial charge < -0.3 is 10.1 Å². The molecule has 2 fully saturated rings. The number of halogens is 1. The summed E-state index contributed by atoms with van der Waals surface area (Å²) in [6.07, 6.45) is 2.66. The number of hydrogen-bond donors (Lipinski definition) is 3. The molecule has 2 aliphatic heterocycles. The second-order valence-electron chi connectivity index (χ2n) is 9.49. The molecule has 2 aliphatic rings. The fourth-order valence-electron chi connectivity index (χ4n) is 5.25. The molecular formula is C25H28FN5O3. The standard InChI is InChI=1S/C25H28FN5O3/c1-15-21(31-11-8-22(32)29-24(31)33)12-18-20(28-15)6-5-17(23(18)26)19-7-10-30(14-25(19,2)34)13-16-4-3-9-27-16/h3-6,9,12,19,27,34H,7-8,10-11,13-14H2,1-2H3,(H,29,32,33). The minimum Gasteiger partial charge on any atom is -0.388 e. The topological polar surface area (TPSA) is 102 Å². The summed E-state index contributed by atoms with van der Waals surface area (Å²) in [4.78, 5) is 35.2. The molecule has 3 N–H and O–H groups in total. The summed E-state index contributed by atoms with van der Waals surface area (Å²) in [5.74, 6) is -1.13. The molecule has 8 nitrogen and oxygen atoms in total. The van der Waals surface area contributed by atoms with Gasteiger partial charge in [-0.25, -0.2) is 9.18 Å². The van der Waals surface area contributed by atoms with Crippen molar-refractivity contribution in [2.24, 2.45) is 0 Å². The van der Waals surface area contributed by atoms with E-state index in [1.54, 1.807) is 32.0 Å². The summed E-state index contributed by atoms with van der Waals surface area (Å²) in [6.45, 7) is 5.59. The van der Waals surface area contributed by atoms with Crippen molar-refractivity contribution in [3.8, 4) is 0 Å². The first-order chi connectivity index (χ1) is 16.2. The van der Waals surface area contributed by atoms with Crippen LogP contribution in [-0.2, 0) is 11.3 Å². The molecule has 0 aliphatic carbocycles. The Morgan fingerprint density at radius 2 is 2.09 bits per heavy atom. The van der Waals surface area contributed by atoms with Crippen molar-refractivity contribution < 1.29 is 19.1 Å². The highest BCUT2D eigenvalue weighted by Crippen LogP contribution is 2.40. The lowest BCUT2D eigenvalue weighted by atomic mass is 9.77. The molecule has 1 aromatic carbocycles. The quantitative estimate of drug-likeness (QED) is 0.549. The number of benzene rings is 1. The zero-order valence-electron chi connectivity index (χ0n) is 19.3. The van der Waals surface area contributed by atoms with E-state index in [0.717, 1.165) is 12.2 Å². The maximum absolute atomic E-state index is 15.9. The zero-order valence-corrected chi connectivity index (χ0v) is 19.3. The maximum atomic E-state index is 15.9. The van der Waals surface area contributed by atoms with Crippen molar-refractivity contribution >= 4 is 28.5 Å². The van der Waals surface area contributed by atoms with Gasteiger partial charge in [0, 0.05) is 49.2 Å². The van der Waals surface area contributed by atoms with Crippen LogP contribution in [0.2, 0.25) is 0 Å². The largest absolute Gasteiger partial charge is 0.388 e. The molecule has 2 saturated heterocycles.